The van der Waals surface area contributed by atoms with E-state index in [0.29, 0.717) is 12.0 Å². The number of thiophene rings is 1. The number of amides is 1. The van der Waals surface area contributed by atoms with Crippen molar-refractivity contribution in [1.29, 1.82) is 0 Å². The van der Waals surface area contributed by atoms with Gasteiger partial charge in [-0.1, -0.05) is 30.3 Å². The van der Waals surface area contributed by atoms with E-state index in [4.69, 9.17) is 10.5 Å². The van der Waals surface area contributed by atoms with Crippen LogP contribution in [-0.4, -0.2) is 11.9 Å². The van der Waals surface area contributed by atoms with Gasteiger partial charge in [-0.25, -0.2) is 0 Å². The Morgan fingerprint density at radius 2 is 1.95 bits per heavy atom. The van der Waals surface area contributed by atoms with Gasteiger partial charge in [-0.3, -0.25) is 9.59 Å². The van der Waals surface area contributed by atoms with Crippen LogP contribution < -0.4 is 5.73 Å². The van der Waals surface area contributed by atoms with Gasteiger partial charge in [0.05, 0.1) is 0 Å². The zero-order chi connectivity index (χ0) is 14.4. The number of nitrogens with two attached hydrogens (primary N) is 1. The van der Waals surface area contributed by atoms with Gasteiger partial charge < -0.3 is 10.5 Å². The molecule has 0 unspecified atom stereocenters. The van der Waals surface area contributed by atoms with Gasteiger partial charge in [0.1, 0.15) is 0 Å². The standard InChI is InChI=1S/C15H15NO3S/c16-15(18)14(12-4-2-1-3-5-12)19-13(17)7-6-11-8-9-20-10-11/h1-5,8-10,14H,6-7H2,(H2,16,18)/t14-/m0/s1. The van der Waals surface area contributed by atoms with E-state index < -0.39 is 18.0 Å². The van der Waals surface area contributed by atoms with Gasteiger partial charge in [-0.05, 0) is 28.8 Å². The van der Waals surface area contributed by atoms with Crippen molar-refractivity contribution in [3.05, 3.63) is 58.3 Å². The third kappa shape index (κ3) is 3.93. The van der Waals surface area contributed by atoms with Crippen LogP contribution in [-0.2, 0) is 20.7 Å². The van der Waals surface area contributed by atoms with Crippen LogP contribution in [0.15, 0.2) is 47.2 Å². The van der Waals surface area contributed by atoms with E-state index in [2.05, 4.69) is 0 Å². The van der Waals surface area contributed by atoms with Gasteiger partial charge in [0.2, 0.25) is 6.10 Å². The molecule has 2 N–H and O–H groups in total. The molecule has 1 amide bonds. The second-order valence-electron chi connectivity index (χ2n) is 4.31. The first-order valence-corrected chi connectivity index (χ1v) is 7.16. The predicted octanol–water partition coefficient (Wildman–Crippen LogP) is 2.45. The number of carbonyl (C=O) groups is 2. The lowest BCUT2D eigenvalue weighted by Gasteiger charge is -2.14. The van der Waals surface area contributed by atoms with Gasteiger partial charge >= 0.3 is 5.97 Å². The molecule has 0 aliphatic rings. The van der Waals surface area contributed by atoms with E-state index in [1.54, 1.807) is 35.6 Å². The topological polar surface area (TPSA) is 69.4 Å². The highest BCUT2D eigenvalue weighted by Crippen LogP contribution is 2.18. The number of rotatable bonds is 6. The minimum atomic E-state index is -1.02. The monoisotopic (exact) mass is 289 g/mol. The number of benzene rings is 1. The average Bonchev–Trinajstić information content (AvgIpc) is 2.96. The second-order valence-corrected chi connectivity index (χ2v) is 5.09. The Morgan fingerprint density at radius 3 is 2.55 bits per heavy atom. The lowest BCUT2D eigenvalue weighted by Crippen LogP contribution is -2.26. The largest absolute Gasteiger partial charge is 0.447 e. The molecule has 0 radical (unpaired) electrons. The molecule has 1 aromatic heterocycles. The van der Waals surface area contributed by atoms with Crippen molar-refractivity contribution in [2.75, 3.05) is 0 Å². The van der Waals surface area contributed by atoms with Crippen molar-refractivity contribution in [2.45, 2.75) is 18.9 Å². The normalized spacial score (nSPS) is 11.8. The summed E-state index contributed by atoms with van der Waals surface area (Å²) in [6.07, 6.45) is -0.193. The molecule has 1 heterocycles. The van der Waals surface area contributed by atoms with Crippen molar-refractivity contribution in [3.63, 3.8) is 0 Å². The van der Waals surface area contributed by atoms with E-state index in [1.807, 2.05) is 22.9 Å². The Balaban J connectivity index is 1.95. The molecular formula is C15H15NO3S. The third-order valence-electron chi connectivity index (χ3n) is 2.81. The molecule has 4 nitrogen and oxygen atoms in total. The highest BCUT2D eigenvalue weighted by Gasteiger charge is 2.22. The molecule has 20 heavy (non-hydrogen) atoms. The molecule has 2 aromatic rings. The molecule has 0 aliphatic carbocycles. The Labute approximate surface area is 121 Å². The molecule has 0 bridgehead atoms. The van der Waals surface area contributed by atoms with Crippen LogP contribution in [0, 0.1) is 0 Å². The van der Waals surface area contributed by atoms with Crippen molar-refractivity contribution in [1.82, 2.24) is 0 Å². The van der Waals surface area contributed by atoms with Gasteiger partial charge in [-0.2, -0.15) is 11.3 Å². The van der Waals surface area contributed by atoms with Gasteiger partial charge in [0.15, 0.2) is 0 Å². The first kappa shape index (κ1) is 14.3. The molecule has 0 saturated heterocycles. The summed E-state index contributed by atoms with van der Waals surface area (Å²) in [6.45, 7) is 0. The minimum Gasteiger partial charge on any atom is -0.447 e. The van der Waals surface area contributed by atoms with Gasteiger partial charge in [0, 0.05) is 12.0 Å². The summed E-state index contributed by atoms with van der Waals surface area (Å²) in [5.74, 6) is -1.09. The molecule has 0 spiro atoms. The van der Waals surface area contributed by atoms with Crippen LogP contribution >= 0.6 is 11.3 Å². The molecular weight excluding hydrogens is 274 g/mol. The molecule has 0 aliphatic heterocycles. The van der Waals surface area contributed by atoms with Crippen molar-refractivity contribution >= 4 is 23.2 Å². The highest BCUT2D eigenvalue weighted by atomic mass is 32.1. The average molecular weight is 289 g/mol. The summed E-state index contributed by atoms with van der Waals surface area (Å²) < 4.78 is 5.19. The van der Waals surface area contributed by atoms with E-state index in [1.165, 1.54) is 0 Å². The predicted molar refractivity (Wildman–Crippen MR) is 77.1 cm³/mol. The van der Waals surface area contributed by atoms with E-state index in [0.717, 1.165) is 5.56 Å². The molecule has 0 fully saturated rings. The summed E-state index contributed by atoms with van der Waals surface area (Å²) >= 11 is 1.58. The van der Waals surface area contributed by atoms with Crippen LogP contribution in [0.1, 0.15) is 23.7 Å². The van der Waals surface area contributed by atoms with Crippen LogP contribution in [0.4, 0.5) is 0 Å². The number of aryl methyl sites for hydroxylation is 1. The smallest absolute Gasteiger partial charge is 0.307 e. The maximum atomic E-state index is 11.8. The number of hydrogen-bond donors (Lipinski definition) is 1. The van der Waals surface area contributed by atoms with E-state index >= 15 is 0 Å². The fourth-order valence-electron chi connectivity index (χ4n) is 1.79. The highest BCUT2D eigenvalue weighted by molar-refractivity contribution is 7.07. The maximum Gasteiger partial charge on any atom is 0.307 e. The molecule has 2 rings (SSSR count). The first-order chi connectivity index (χ1) is 9.66. The fraction of sp³-hybridized carbons (Fsp3) is 0.200. The lowest BCUT2D eigenvalue weighted by atomic mass is 10.1. The Kier molecular flexibility index (Phi) is 4.90. The quantitative estimate of drug-likeness (QED) is 0.830. The Bertz CT molecular complexity index is 566. The first-order valence-electron chi connectivity index (χ1n) is 6.21. The number of primary amides is 1. The fourth-order valence-corrected chi connectivity index (χ4v) is 2.49. The molecule has 1 atom stereocenters. The summed E-state index contributed by atoms with van der Waals surface area (Å²) in [5, 5.41) is 3.94. The summed E-state index contributed by atoms with van der Waals surface area (Å²) in [5.41, 5.74) is 6.97. The Hall–Kier alpha value is -2.14. The number of esters is 1. The van der Waals surface area contributed by atoms with Crippen LogP contribution in [0.5, 0.6) is 0 Å². The van der Waals surface area contributed by atoms with Crippen LogP contribution in [0.25, 0.3) is 0 Å². The minimum absolute atomic E-state index is 0.230. The molecule has 104 valence electrons. The van der Waals surface area contributed by atoms with E-state index in [-0.39, 0.29) is 6.42 Å². The summed E-state index contributed by atoms with van der Waals surface area (Å²) in [4.78, 5) is 23.2. The lowest BCUT2D eigenvalue weighted by molar-refractivity contribution is -0.155. The number of ether oxygens (including phenoxy) is 1. The molecule has 1 aromatic carbocycles. The zero-order valence-corrected chi connectivity index (χ0v) is 11.6. The van der Waals surface area contributed by atoms with Crippen LogP contribution in [0.2, 0.25) is 0 Å². The second kappa shape index (κ2) is 6.86. The third-order valence-corrected chi connectivity index (χ3v) is 3.54. The zero-order valence-electron chi connectivity index (χ0n) is 10.8. The van der Waals surface area contributed by atoms with Crippen molar-refractivity contribution in [2.24, 2.45) is 5.73 Å². The molecule has 0 saturated carbocycles. The van der Waals surface area contributed by atoms with Gasteiger partial charge in [-0.15, -0.1) is 0 Å². The van der Waals surface area contributed by atoms with Crippen LogP contribution in [0.3, 0.4) is 0 Å². The van der Waals surface area contributed by atoms with Crippen molar-refractivity contribution < 1.29 is 14.3 Å². The maximum absolute atomic E-state index is 11.8. The van der Waals surface area contributed by atoms with E-state index in [9.17, 15) is 9.59 Å². The Morgan fingerprint density at radius 1 is 1.20 bits per heavy atom. The van der Waals surface area contributed by atoms with Crippen molar-refractivity contribution in [3.8, 4) is 0 Å². The van der Waals surface area contributed by atoms with Gasteiger partial charge in [0.25, 0.3) is 5.91 Å². The number of hydrogen-bond acceptors (Lipinski definition) is 4. The SMILES string of the molecule is NC(=O)[C@@H](OC(=O)CCc1ccsc1)c1ccccc1. The summed E-state index contributed by atoms with van der Waals surface area (Å²) in [7, 11) is 0. The molecule has 5 heteroatoms. The number of carbonyl (C=O) groups excluding carboxylic acids is 2. The summed E-state index contributed by atoms with van der Waals surface area (Å²) in [6, 6.07) is 10.7.